The zero-order chi connectivity index (χ0) is 26.3. The molecule has 2 aliphatic rings. The fourth-order valence-electron chi connectivity index (χ4n) is 4.46. The molecule has 1 aromatic heterocycles. The van der Waals surface area contributed by atoms with Gasteiger partial charge in [-0.1, -0.05) is 35.2 Å². The molecule has 1 fully saturated rings. The van der Waals surface area contributed by atoms with Crippen molar-refractivity contribution in [1.29, 1.82) is 0 Å². The summed E-state index contributed by atoms with van der Waals surface area (Å²) in [6, 6.07) is 12.5. The Labute approximate surface area is 218 Å². The number of amides is 3. The van der Waals surface area contributed by atoms with E-state index < -0.39 is 40.8 Å². The zero-order valence-corrected chi connectivity index (χ0v) is 21.1. The van der Waals surface area contributed by atoms with E-state index in [-0.39, 0.29) is 23.8 Å². The highest BCUT2D eigenvalue weighted by molar-refractivity contribution is 8.00. The summed E-state index contributed by atoms with van der Waals surface area (Å²) in [6.45, 7) is 1.66. The minimum absolute atomic E-state index is 0.0513. The van der Waals surface area contributed by atoms with Gasteiger partial charge in [-0.05, 0) is 48.9 Å². The maximum absolute atomic E-state index is 13.0. The molecular weight excluding hydrogens is 518 g/mol. The maximum Gasteiger partial charge on any atom is 0.338 e. The number of benzene rings is 2. The van der Waals surface area contributed by atoms with Crippen molar-refractivity contribution in [3.63, 3.8) is 0 Å². The van der Waals surface area contributed by atoms with Crippen molar-refractivity contribution in [3.8, 4) is 5.75 Å². The number of anilines is 1. The molecule has 2 aromatic carbocycles. The van der Waals surface area contributed by atoms with Gasteiger partial charge in [0.2, 0.25) is 17.7 Å². The first kappa shape index (κ1) is 24.8. The number of phenols is 1. The van der Waals surface area contributed by atoms with Crippen molar-refractivity contribution >= 4 is 52.5 Å². The topological polar surface area (TPSA) is 144 Å². The molecule has 0 bridgehead atoms. The number of carbonyl (C=O) groups excluding carboxylic acids is 4. The number of thioether (sulfide) groups is 1. The number of phenolic OH excluding ortho intramolecular Hbond substituents is 1. The van der Waals surface area contributed by atoms with E-state index in [9.17, 15) is 29.1 Å². The van der Waals surface area contributed by atoms with E-state index in [0.717, 1.165) is 23.1 Å². The Kier molecular flexibility index (Phi) is 6.61. The number of carbonyl (C=O) groups is 4. The van der Waals surface area contributed by atoms with Crippen molar-refractivity contribution in [2.24, 2.45) is 5.92 Å². The number of aromatic hydroxyl groups is 1. The van der Waals surface area contributed by atoms with Crippen molar-refractivity contribution in [3.05, 3.63) is 74.2 Å². The summed E-state index contributed by atoms with van der Waals surface area (Å²) in [6.07, 6.45) is 0. The summed E-state index contributed by atoms with van der Waals surface area (Å²) in [7, 11) is 0. The molecule has 3 amide bonds. The molecule has 0 saturated carbocycles. The number of ether oxygens (including phenoxy) is 1. The molecule has 3 atom stereocenters. The number of thiazole rings is 1. The number of hydrogen-bond acceptors (Lipinski definition) is 9. The van der Waals surface area contributed by atoms with Crippen LogP contribution < -0.4 is 15.5 Å². The minimum Gasteiger partial charge on any atom is -0.508 e. The molecule has 0 spiro atoms. The van der Waals surface area contributed by atoms with Crippen LogP contribution in [-0.2, 0) is 25.7 Å². The van der Waals surface area contributed by atoms with Crippen LogP contribution in [0.3, 0.4) is 0 Å². The molecule has 0 radical (unpaired) electrons. The van der Waals surface area contributed by atoms with Crippen LogP contribution in [0.15, 0.2) is 58.4 Å². The second-order valence-corrected chi connectivity index (χ2v) is 10.6. The smallest absolute Gasteiger partial charge is 0.338 e. The fraction of sp³-hybridized carbons (Fsp3) is 0.240. The summed E-state index contributed by atoms with van der Waals surface area (Å²) in [4.78, 5) is 63.1. The molecule has 190 valence electrons. The lowest BCUT2D eigenvalue weighted by molar-refractivity contribution is -0.126. The standard InChI is InChI=1S/C25H21N3O7S2/c1-2-35-24(33)13-3-7-14(8-4-13)26-16(30)11-28-23-20(37-25(28)34)17(12-5-9-15(29)10-6-12)18-19(36-23)22(32)27-21(18)31/h3-10,17-19,29H,2,11H2,1H3,(H,26,30)(H,27,31,32). The van der Waals surface area contributed by atoms with Crippen molar-refractivity contribution in [2.75, 3.05) is 11.9 Å². The fourth-order valence-corrected chi connectivity index (χ4v) is 7.20. The van der Waals surface area contributed by atoms with Gasteiger partial charge in [0.05, 0.1) is 23.1 Å². The Morgan fingerprint density at radius 2 is 1.76 bits per heavy atom. The number of esters is 1. The van der Waals surface area contributed by atoms with Crippen molar-refractivity contribution in [2.45, 2.75) is 29.7 Å². The molecule has 2 aliphatic heterocycles. The van der Waals surface area contributed by atoms with E-state index in [1.165, 1.54) is 28.8 Å². The van der Waals surface area contributed by atoms with Gasteiger partial charge in [-0.3, -0.25) is 29.1 Å². The Morgan fingerprint density at radius 3 is 2.43 bits per heavy atom. The Balaban J connectivity index is 1.43. The van der Waals surface area contributed by atoms with E-state index in [4.69, 9.17) is 4.74 Å². The first-order valence-corrected chi connectivity index (χ1v) is 13.1. The van der Waals surface area contributed by atoms with Crippen LogP contribution in [0.1, 0.15) is 33.6 Å². The van der Waals surface area contributed by atoms with E-state index in [0.29, 0.717) is 26.7 Å². The maximum atomic E-state index is 13.0. The quantitative estimate of drug-likeness (QED) is 0.320. The molecule has 3 unspecified atom stereocenters. The molecule has 3 heterocycles. The predicted molar refractivity (Wildman–Crippen MR) is 136 cm³/mol. The molecule has 0 aliphatic carbocycles. The van der Waals surface area contributed by atoms with Crippen LogP contribution in [0.2, 0.25) is 0 Å². The Hall–Kier alpha value is -3.90. The van der Waals surface area contributed by atoms with Gasteiger partial charge in [0.15, 0.2) is 0 Å². The second-order valence-electron chi connectivity index (χ2n) is 8.46. The summed E-state index contributed by atoms with van der Waals surface area (Å²) in [5.74, 6) is -3.03. The summed E-state index contributed by atoms with van der Waals surface area (Å²) in [5.41, 5.74) is 1.46. The summed E-state index contributed by atoms with van der Waals surface area (Å²) >= 11 is 2.04. The van der Waals surface area contributed by atoms with E-state index in [2.05, 4.69) is 10.6 Å². The molecule has 1 saturated heterocycles. The van der Waals surface area contributed by atoms with Crippen molar-refractivity contribution < 1.29 is 29.0 Å². The number of nitrogens with one attached hydrogen (secondary N) is 2. The SMILES string of the molecule is CCOC(=O)c1ccc(NC(=O)Cn2c3c(sc2=O)C(c2ccc(O)cc2)C2C(=O)NC(=O)C2S3)cc1. The number of nitrogens with zero attached hydrogens (tertiary/aromatic N) is 1. The highest BCUT2D eigenvalue weighted by atomic mass is 32.2. The van der Waals surface area contributed by atoms with Crippen LogP contribution in [0.25, 0.3) is 0 Å². The van der Waals surface area contributed by atoms with Crippen LogP contribution in [-0.4, -0.2) is 45.2 Å². The van der Waals surface area contributed by atoms with Gasteiger partial charge in [-0.15, -0.1) is 0 Å². The van der Waals surface area contributed by atoms with Gasteiger partial charge in [0.1, 0.15) is 17.5 Å². The lowest BCUT2D eigenvalue weighted by Gasteiger charge is -2.30. The predicted octanol–water partition coefficient (Wildman–Crippen LogP) is 2.31. The average molecular weight is 540 g/mol. The lowest BCUT2D eigenvalue weighted by Crippen LogP contribution is -2.32. The van der Waals surface area contributed by atoms with E-state index in [1.807, 2.05) is 0 Å². The first-order valence-electron chi connectivity index (χ1n) is 11.4. The lowest BCUT2D eigenvalue weighted by atomic mass is 9.83. The zero-order valence-electron chi connectivity index (χ0n) is 19.4. The third-order valence-corrected chi connectivity index (χ3v) is 8.74. The minimum atomic E-state index is -0.752. The summed E-state index contributed by atoms with van der Waals surface area (Å²) < 4.78 is 6.26. The van der Waals surface area contributed by atoms with Crippen LogP contribution in [0.5, 0.6) is 5.75 Å². The number of aromatic nitrogens is 1. The number of fused-ring (bicyclic) bond motifs is 2. The van der Waals surface area contributed by atoms with E-state index in [1.54, 1.807) is 31.2 Å². The molecule has 3 N–H and O–H groups in total. The third kappa shape index (κ3) is 4.65. The second kappa shape index (κ2) is 9.87. The van der Waals surface area contributed by atoms with Gasteiger partial charge in [-0.2, -0.15) is 0 Å². The highest BCUT2D eigenvalue weighted by Crippen LogP contribution is 2.51. The van der Waals surface area contributed by atoms with E-state index >= 15 is 0 Å². The van der Waals surface area contributed by atoms with Gasteiger partial charge in [0, 0.05) is 16.5 Å². The Morgan fingerprint density at radius 1 is 1.05 bits per heavy atom. The van der Waals surface area contributed by atoms with Crippen LogP contribution >= 0.6 is 23.1 Å². The normalized spacial score (nSPS) is 20.1. The van der Waals surface area contributed by atoms with Crippen LogP contribution in [0, 0.1) is 5.92 Å². The Bertz CT molecular complexity index is 1460. The largest absolute Gasteiger partial charge is 0.508 e. The van der Waals surface area contributed by atoms with Gasteiger partial charge < -0.3 is 15.2 Å². The number of rotatable bonds is 6. The molecule has 10 nitrogen and oxygen atoms in total. The first-order chi connectivity index (χ1) is 17.8. The monoisotopic (exact) mass is 539 g/mol. The molecule has 12 heteroatoms. The molecular formula is C25H21N3O7S2. The number of hydrogen-bond donors (Lipinski definition) is 3. The van der Waals surface area contributed by atoms with Gasteiger partial charge in [0.25, 0.3) is 0 Å². The number of imide groups is 1. The van der Waals surface area contributed by atoms with Crippen molar-refractivity contribution in [1.82, 2.24) is 9.88 Å². The average Bonchev–Trinajstić information content (AvgIpc) is 3.33. The van der Waals surface area contributed by atoms with Gasteiger partial charge >= 0.3 is 10.8 Å². The van der Waals surface area contributed by atoms with Gasteiger partial charge in [-0.25, -0.2) is 4.79 Å². The highest BCUT2D eigenvalue weighted by Gasteiger charge is 2.52. The van der Waals surface area contributed by atoms with Crippen LogP contribution in [0.4, 0.5) is 5.69 Å². The molecule has 37 heavy (non-hydrogen) atoms. The third-order valence-electron chi connectivity index (χ3n) is 6.12. The summed E-state index contributed by atoms with van der Waals surface area (Å²) in [5, 5.41) is 14.5. The molecule has 5 rings (SSSR count). The molecule has 3 aromatic rings.